The lowest BCUT2D eigenvalue weighted by molar-refractivity contribution is -0.136. The Labute approximate surface area is 349 Å². The fourth-order valence-corrected chi connectivity index (χ4v) is 11.7. The van der Waals surface area contributed by atoms with Gasteiger partial charge in [-0.1, -0.05) is 11.6 Å². The molecule has 4 saturated heterocycles. The van der Waals surface area contributed by atoms with Crippen molar-refractivity contribution in [1.29, 1.82) is 5.26 Å². The van der Waals surface area contributed by atoms with Gasteiger partial charge in [0.05, 0.1) is 21.7 Å². The van der Waals surface area contributed by atoms with Crippen molar-refractivity contribution in [3.63, 3.8) is 0 Å². The van der Waals surface area contributed by atoms with E-state index in [1.807, 2.05) is 47.4 Å². The third-order valence-corrected chi connectivity index (χ3v) is 15.2. The molecule has 1 saturated carbocycles. The van der Waals surface area contributed by atoms with E-state index in [0.29, 0.717) is 46.9 Å². The lowest BCUT2D eigenvalue weighted by Crippen LogP contribution is -2.60. The van der Waals surface area contributed by atoms with Crippen LogP contribution in [0.1, 0.15) is 112 Å². The fraction of sp³-hybridized carbons (Fsp3) is 0.478. The van der Waals surface area contributed by atoms with Crippen molar-refractivity contribution in [2.75, 3.05) is 42.5 Å². The number of rotatable bonds is 5. The van der Waals surface area contributed by atoms with Crippen LogP contribution in [0.2, 0.25) is 5.02 Å². The van der Waals surface area contributed by atoms with Crippen molar-refractivity contribution >= 4 is 52.5 Å². The summed E-state index contributed by atoms with van der Waals surface area (Å²) in [4.78, 5) is 74.9. The molecule has 6 aliphatic heterocycles. The minimum Gasteiger partial charge on any atom is -0.371 e. The minimum atomic E-state index is -0.961. The van der Waals surface area contributed by atoms with Crippen molar-refractivity contribution in [3.8, 4) is 6.07 Å². The standard InChI is InChI=1S/C46H48ClN7O5/c1-28-21-45(27-53(28)35-7-4-30(22-48)38(47)20-35)14-16-50(17-15-45)33-5-2-29(3-6-33)42(57)52-25-46(26-52)12-10-34(11-13-46)51-23-31-18-36-37(19-32(31)24-51)44(59)54(43(36)58)39-8-9-40(55)49-41(39)56/h2-7,18-20,28,34,39H,8-17,21,23-27H2,1H3,(H,49,55,56). The second-order valence-corrected chi connectivity index (χ2v) is 18.8. The van der Waals surface area contributed by atoms with Crippen LogP contribution in [0.5, 0.6) is 0 Å². The molecular weight excluding hydrogens is 766 g/mol. The highest BCUT2D eigenvalue weighted by Gasteiger charge is 2.49. The van der Waals surface area contributed by atoms with E-state index in [9.17, 15) is 29.2 Å². The molecule has 2 atom stereocenters. The van der Waals surface area contributed by atoms with Crippen LogP contribution in [0.15, 0.2) is 54.6 Å². The fourth-order valence-electron chi connectivity index (χ4n) is 11.5. The van der Waals surface area contributed by atoms with Gasteiger partial charge in [-0.15, -0.1) is 0 Å². The van der Waals surface area contributed by atoms with Crippen LogP contribution in [-0.4, -0.2) is 95.1 Å². The van der Waals surface area contributed by atoms with Crippen LogP contribution in [0.25, 0.3) is 0 Å². The molecule has 0 bridgehead atoms. The molecule has 3 aromatic rings. The Morgan fingerprint density at radius 1 is 0.814 bits per heavy atom. The molecule has 304 valence electrons. The Bertz CT molecular complexity index is 2290. The second-order valence-electron chi connectivity index (χ2n) is 18.4. The van der Waals surface area contributed by atoms with Crippen molar-refractivity contribution in [1.82, 2.24) is 20.0 Å². The molecule has 5 fully saturated rings. The third-order valence-electron chi connectivity index (χ3n) is 14.9. The number of piperidine rings is 2. The first-order valence-corrected chi connectivity index (χ1v) is 21.5. The Morgan fingerprint density at radius 2 is 1.46 bits per heavy atom. The number of hydrogen-bond acceptors (Lipinski definition) is 9. The predicted molar refractivity (Wildman–Crippen MR) is 221 cm³/mol. The number of benzene rings is 3. The summed E-state index contributed by atoms with van der Waals surface area (Å²) in [6.45, 7) is 8.25. The van der Waals surface area contributed by atoms with Crippen molar-refractivity contribution in [2.45, 2.75) is 95.9 Å². The Morgan fingerprint density at radius 3 is 2.07 bits per heavy atom. The molecule has 6 heterocycles. The summed E-state index contributed by atoms with van der Waals surface area (Å²) in [5.74, 6) is -1.80. The number of carbonyl (C=O) groups is 5. The monoisotopic (exact) mass is 813 g/mol. The van der Waals surface area contributed by atoms with Gasteiger partial charge in [-0.2, -0.15) is 5.26 Å². The first-order chi connectivity index (χ1) is 28.4. The summed E-state index contributed by atoms with van der Waals surface area (Å²) in [5, 5.41) is 12.1. The molecule has 7 aliphatic rings. The van der Waals surface area contributed by atoms with Crippen LogP contribution in [-0.2, 0) is 22.7 Å². The number of halogens is 1. The average molecular weight is 814 g/mol. The van der Waals surface area contributed by atoms with E-state index in [1.54, 1.807) is 0 Å². The zero-order chi connectivity index (χ0) is 40.8. The number of amides is 5. The number of nitrogens with zero attached hydrogens (tertiary/aromatic N) is 6. The van der Waals surface area contributed by atoms with Gasteiger partial charge >= 0.3 is 0 Å². The molecule has 1 aliphatic carbocycles. The summed E-state index contributed by atoms with van der Waals surface area (Å²) in [6.07, 6.45) is 7.82. The van der Waals surface area contributed by atoms with Gasteiger partial charge in [0.25, 0.3) is 17.7 Å². The Balaban J connectivity index is 0.695. The van der Waals surface area contributed by atoms with Gasteiger partial charge in [0.2, 0.25) is 11.8 Å². The van der Waals surface area contributed by atoms with E-state index in [1.165, 1.54) is 0 Å². The molecule has 5 amide bonds. The first kappa shape index (κ1) is 38.0. The van der Waals surface area contributed by atoms with Crippen molar-refractivity contribution in [3.05, 3.63) is 93.0 Å². The van der Waals surface area contributed by atoms with Crippen LogP contribution in [0.3, 0.4) is 0 Å². The van der Waals surface area contributed by atoms with Crippen molar-refractivity contribution < 1.29 is 24.0 Å². The zero-order valence-corrected chi connectivity index (χ0v) is 34.1. The lowest BCUT2D eigenvalue weighted by atomic mass is 9.67. The third kappa shape index (κ3) is 6.48. The maximum atomic E-state index is 13.6. The van der Waals surface area contributed by atoms with Gasteiger partial charge in [0, 0.05) is 86.7 Å². The SMILES string of the molecule is CC1CC2(CCN(c3ccc(C(=O)N4CC5(CCC(N6Cc7cc8c(cc7C6)C(=O)N(C6CCC(=O)NC6=O)C8=O)CC5)C4)cc3)CC2)CN1c1ccc(C#N)c(Cl)c1. The number of anilines is 2. The Hall–Kier alpha value is -5.25. The van der Waals surface area contributed by atoms with Gasteiger partial charge in [-0.25, -0.2) is 0 Å². The van der Waals surface area contributed by atoms with E-state index < -0.39 is 23.8 Å². The molecule has 59 heavy (non-hydrogen) atoms. The highest BCUT2D eigenvalue weighted by atomic mass is 35.5. The number of nitrogens with one attached hydrogen (secondary N) is 1. The summed E-state index contributed by atoms with van der Waals surface area (Å²) < 4.78 is 0. The van der Waals surface area contributed by atoms with Crippen LogP contribution in [0.4, 0.5) is 11.4 Å². The highest BCUT2D eigenvalue weighted by Crippen LogP contribution is 2.48. The number of fused-ring (bicyclic) bond motifs is 2. The molecular formula is C46H48ClN7O5. The molecule has 13 heteroatoms. The van der Waals surface area contributed by atoms with Gasteiger partial charge in [0.1, 0.15) is 12.1 Å². The van der Waals surface area contributed by atoms with Crippen LogP contribution >= 0.6 is 11.6 Å². The molecule has 0 aromatic heterocycles. The maximum absolute atomic E-state index is 13.6. The van der Waals surface area contributed by atoms with E-state index in [4.69, 9.17) is 11.6 Å². The maximum Gasteiger partial charge on any atom is 0.262 e. The molecule has 1 N–H and O–H groups in total. The van der Waals surface area contributed by atoms with Crippen LogP contribution in [0, 0.1) is 22.2 Å². The summed E-state index contributed by atoms with van der Waals surface area (Å²) in [7, 11) is 0. The molecule has 10 rings (SSSR count). The number of hydrogen-bond donors (Lipinski definition) is 1. The molecule has 2 spiro atoms. The summed E-state index contributed by atoms with van der Waals surface area (Å²) in [6, 6.07) is 19.6. The number of imide groups is 2. The van der Waals surface area contributed by atoms with E-state index in [0.717, 1.165) is 111 Å². The topological polar surface area (TPSA) is 137 Å². The summed E-state index contributed by atoms with van der Waals surface area (Å²) >= 11 is 6.38. The van der Waals surface area contributed by atoms with Gasteiger partial charge in [-0.05, 0) is 129 Å². The van der Waals surface area contributed by atoms with Gasteiger partial charge < -0.3 is 14.7 Å². The Kier molecular flexibility index (Phi) is 9.14. The lowest BCUT2D eigenvalue weighted by Gasteiger charge is -2.54. The normalized spacial score (nSPS) is 25.0. The minimum absolute atomic E-state index is 0.0993. The second kappa shape index (κ2) is 14.2. The van der Waals surface area contributed by atoms with E-state index in [2.05, 4.69) is 45.1 Å². The largest absolute Gasteiger partial charge is 0.371 e. The molecule has 0 radical (unpaired) electrons. The quantitative estimate of drug-likeness (QED) is 0.313. The highest BCUT2D eigenvalue weighted by molar-refractivity contribution is 6.32. The predicted octanol–water partition coefficient (Wildman–Crippen LogP) is 5.90. The molecule has 2 unspecified atom stereocenters. The number of carbonyl (C=O) groups excluding carboxylic acids is 5. The smallest absolute Gasteiger partial charge is 0.262 e. The molecule has 12 nitrogen and oxygen atoms in total. The van der Waals surface area contributed by atoms with E-state index in [-0.39, 0.29) is 35.5 Å². The van der Waals surface area contributed by atoms with Crippen molar-refractivity contribution in [2.24, 2.45) is 10.8 Å². The number of nitriles is 1. The van der Waals surface area contributed by atoms with Crippen LogP contribution < -0.4 is 15.1 Å². The average Bonchev–Trinajstić information content (AvgIpc) is 3.86. The van der Waals surface area contributed by atoms with E-state index >= 15 is 0 Å². The summed E-state index contributed by atoms with van der Waals surface area (Å²) in [5.41, 5.74) is 6.71. The zero-order valence-electron chi connectivity index (χ0n) is 33.3. The first-order valence-electron chi connectivity index (χ1n) is 21.1. The molecule has 3 aromatic carbocycles. The van der Waals surface area contributed by atoms with Gasteiger partial charge in [0.15, 0.2) is 0 Å². The van der Waals surface area contributed by atoms with Gasteiger partial charge in [-0.3, -0.25) is 39.1 Å². The number of likely N-dealkylation sites (tertiary alicyclic amines) is 1.